The second-order valence-electron chi connectivity index (χ2n) is 5.42. The SMILES string of the molecule is CCOC(=O)c1ccc(NCC(c2ccccc2)N(C)C)nc1. The van der Waals surface area contributed by atoms with Crippen molar-refractivity contribution in [3.8, 4) is 0 Å². The average Bonchev–Trinajstić information content (AvgIpc) is 2.56. The standard InChI is InChI=1S/C18H23N3O2/c1-4-23-18(22)15-10-11-17(19-12-15)20-13-16(21(2)3)14-8-6-5-7-9-14/h5-12,16H,4,13H2,1-3H3,(H,19,20). The van der Waals surface area contributed by atoms with Crippen LogP contribution in [0.4, 0.5) is 5.82 Å². The number of rotatable bonds is 7. The number of anilines is 1. The Morgan fingerprint density at radius 3 is 2.52 bits per heavy atom. The molecule has 0 aliphatic heterocycles. The lowest BCUT2D eigenvalue weighted by Gasteiger charge is -2.25. The topological polar surface area (TPSA) is 54.5 Å². The molecular formula is C18H23N3O2. The van der Waals surface area contributed by atoms with Gasteiger partial charge in [-0.15, -0.1) is 0 Å². The summed E-state index contributed by atoms with van der Waals surface area (Å²) in [5, 5.41) is 3.32. The lowest BCUT2D eigenvalue weighted by Crippen LogP contribution is -2.27. The zero-order chi connectivity index (χ0) is 16.7. The van der Waals surface area contributed by atoms with Crippen LogP contribution in [0.25, 0.3) is 0 Å². The Bertz CT molecular complexity index is 612. The Labute approximate surface area is 137 Å². The van der Waals surface area contributed by atoms with Gasteiger partial charge in [-0.25, -0.2) is 9.78 Å². The number of ether oxygens (including phenoxy) is 1. The zero-order valence-corrected chi connectivity index (χ0v) is 13.8. The number of carbonyl (C=O) groups is 1. The van der Waals surface area contributed by atoms with Crippen molar-refractivity contribution in [1.29, 1.82) is 0 Å². The van der Waals surface area contributed by atoms with Gasteiger partial charge in [-0.05, 0) is 38.7 Å². The first-order valence-electron chi connectivity index (χ1n) is 7.70. The molecule has 0 aliphatic carbocycles. The molecule has 0 aliphatic rings. The summed E-state index contributed by atoms with van der Waals surface area (Å²) in [7, 11) is 4.10. The fourth-order valence-corrected chi connectivity index (χ4v) is 2.31. The molecule has 122 valence electrons. The lowest BCUT2D eigenvalue weighted by molar-refractivity contribution is 0.0526. The van der Waals surface area contributed by atoms with Gasteiger partial charge in [-0.3, -0.25) is 0 Å². The van der Waals surface area contributed by atoms with Crippen LogP contribution in [0.2, 0.25) is 0 Å². The molecule has 0 saturated carbocycles. The summed E-state index contributed by atoms with van der Waals surface area (Å²) >= 11 is 0. The van der Waals surface area contributed by atoms with E-state index in [4.69, 9.17) is 4.74 Å². The van der Waals surface area contributed by atoms with Crippen LogP contribution in [-0.2, 0) is 4.74 Å². The van der Waals surface area contributed by atoms with Crippen molar-refractivity contribution >= 4 is 11.8 Å². The number of hydrogen-bond donors (Lipinski definition) is 1. The first kappa shape index (κ1) is 17.0. The molecule has 0 radical (unpaired) electrons. The van der Waals surface area contributed by atoms with Gasteiger partial charge in [0.2, 0.25) is 0 Å². The van der Waals surface area contributed by atoms with Crippen LogP contribution in [0.3, 0.4) is 0 Å². The van der Waals surface area contributed by atoms with Crippen LogP contribution in [0.15, 0.2) is 48.7 Å². The fraction of sp³-hybridized carbons (Fsp3) is 0.333. The van der Waals surface area contributed by atoms with Gasteiger partial charge in [0.1, 0.15) is 5.82 Å². The molecule has 0 saturated heterocycles. The molecule has 23 heavy (non-hydrogen) atoms. The van der Waals surface area contributed by atoms with Gasteiger partial charge in [-0.2, -0.15) is 0 Å². The van der Waals surface area contributed by atoms with E-state index in [1.165, 1.54) is 11.8 Å². The van der Waals surface area contributed by atoms with Gasteiger partial charge in [0.05, 0.1) is 18.2 Å². The van der Waals surface area contributed by atoms with Gasteiger partial charge in [-0.1, -0.05) is 30.3 Å². The number of nitrogens with zero attached hydrogens (tertiary/aromatic N) is 2. The fourth-order valence-electron chi connectivity index (χ4n) is 2.31. The minimum atomic E-state index is -0.345. The van der Waals surface area contributed by atoms with E-state index in [0.29, 0.717) is 12.2 Å². The molecule has 1 N–H and O–H groups in total. The maximum atomic E-state index is 11.6. The van der Waals surface area contributed by atoms with E-state index in [2.05, 4.69) is 41.4 Å². The largest absolute Gasteiger partial charge is 0.462 e. The Morgan fingerprint density at radius 2 is 1.96 bits per heavy atom. The van der Waals surface area contributed by atoms with E-state index in [1.807, 2.05) is 18.2 Å². The number of hydrogen-bond acceptors (Lipinski definition) is 5. The van der Waals surface area contributed by atoms with Crippen molar-refractivity contribution < 1.29 is 9.53 Å². The first-order chi connectivity index (χ1) is 11.1. The van der Waals surface area contributed by atoms with E-state index in [9.17, 15) is 4.79 Å². The molecule has 5 nitrogen and oxygen atoms in total. The third-order valence-corrected chi connectivity index (χ3v) is 3.56. The van der Waals surface area contributed by atoms with Crippen LogP contribution in [0.5, 0.6) is 0 Å². The summed E-state index contributed by atoms with van der Waals surface area (Å²) in [6, 6.07) is 14.1. The highest BCUT2D eigenvalue weighted by molar-refractivity contribution is 5.89. The summed E-state index contributed by atoms with van der Waals surface area (Å²) in [6.45, 7) is 2.87. The summed E-state index contributed by atoms with van der Waals surface area (Å²) in [6.07, 6.45) is 1.54. The molecule has 1 unspecified atom stereocenters. The molecule has 0 bridgehead atoms. The Balaban J connectivity index is 2.00. The van der Waals surface area contributed by atoms with Crippen molar-refractivity contribution in [2.24, 2.45) is 0 Å². The highest BCUT2D eigenvalue weighted by atomic mass is 16.5. The second-order valence-corrected chi connectivity index (χ2v) is 5.42. The number of nitrogens with one attached hydrogen (secondary N) is 1. The number of carbonyl (C=O) groups excluding carboxylic acids is 1. The van der Waals surface area contributed by atoms with Gasteiger partial charge in [0.25, 0.3) is 0 Å². The van der Waals surface area contributed by atoms with E-state index < -0.39 is 0 Å². The first-order valence-corrected chi connectivity index (χ1v) is 7.70. The Kier molecular flexibility index (Phi) is 6.11. The number of pyridine rings is 1. The predicted molar refractivity (Wildman–Crippen MR) is 91.6 cm³/mol. The summed E-state index contributed by atoms with van der Waals surface area (Å²) in [5.74, 6) is 0.392. The monoisotopic (exact) mass is 313 g/mol. The molecule has 0 amide bonds. The quantitative estimate of drug-likeness (QED) is 0.797. The molecule has 2 rings (SSSR count). The number of likely N-dealkylation sites (N-methyl/N-ethyl adjacent to an activating group) is 1. The highest BCUT2D eigenvalue weighted by Gasteiger charge is 2.14. The maximum absolute atomic E-state index is 11.6. The van der Waals surface area contributed by atoms with Crippen LogP contribution < -0.4 is 5.32 Å². The van der Waals surface area contributed by atoms with E-state index in [0.717, 1.165) is 12.4 Å². The zero-order valence-electron chi connectivity index (χ0n) is 13.8. The van der Waals surface area contributed by atoms with Gasteiger partial charge in [0.15, 0.2) is 0 Å². The number of benzene rings is 1. The van der Waals surface area contributed by atoms with Gasteiger partial charge in [0, 0.05) is 12.7 Å². The average molecular weight is 313 g/mol. The molecule has 1 atom stereocenters. The van der Waals surface area contributed by atoms with Crippen molar-refractivity contribution in [2.75, 3.05) is 32.6 Å². The van der Waals surface area contributed by atoms with Gasteiger partial charge >= 0.3 is 5.97 Å². The Hall–Kier alpha value is -2.40. The molecule has 1 aromatic carbocycles. The van der Waals surface area contributed by atoms with Crippen molar-refractivity contribution in [1.82, 2.24) is 9.88 Å². The lowest BCUT2D eigenvalue weighted by atomic mass is 10.1. The van der Waals surface area contributed by atoms with E-state index in [1.54, 1.807) is 19.1 Å². The third-order valence-electron chi connectivity index (χ3n) is 3.56. The third kappa shape index (κ3) is 4.79. The van der Waals surface area contributed by atoms with Crippen LogP contribution in [0, 0.1) is 0 Å². The Morgan fingerprint density at radius 1 is 1.22 bits per heavy atom. The maximum Gasteiger partial charge on any atom is 0.339 e. The predicted octanol–water partition coefficient (Wildman–Crippen LogP) is 2.97. The van der Waals surface area contributed by atoms with E-state index in [-0.39, 0.29) is 12.0 Å². The summed E-state index contributed by atoms with van der Waals surface area (Å²) < 4.78 is 4.95. The van der Waals surface area contributed by atoms with E-state index >= 15 is 0 Å². The second kappa shape index (κ2) is 8.29. The number of esters is 1. The van der Waals surface area contributed by atoms with Crippen LogP contribution in [0.1, 0.15) is 28.9 Å². The smallest absolute Gasteiger partial charge is 0.339 e. The van der Waals surface area contributed by atoms with Crippen molar-refractivity contribution in [3.63, 3.8) is 0 Å². The van der Waals surface area contributed by atoms with Gasteiger partial charge < -0.3 is 15.0 Å². The normalized spacial score (nSPS) is 12.0. The highest BCUT2D eigenvalue weighted by Crippen LogP contribution is 2.18. The van der Waals surface area contributed by atoms with Crippen molar-refractivity contribution in [2.45, 2.75) is 13.0 Å². The molecule has 0 spiro atoms. The summed E-state index contributed by atoms with van der Waals surface area (Å²) in [4.78, 5) is 18.0. The minimum Gasteiger partial charge on any atom is -0.462 e. The molecule has 1 aromatic heterocycles. The molecular weight excluding hydrogens is 290 g/mol. The van der Waals surface area contributed by atoms with Crippen molar-refractivity contribution in [3.05, 3.63) is 59.8 Å². The molecule has 5 heteroatoms. The number of aromatic nitrogens is 1. The minimum absolute atomic E-state index is 0.239. The molecule has 1 heterocycles. The molecule has 2 aromatic rings. The van der Waals surface area contributed by atoms with Crippen LogP contribution in [-0.4, -0.2) is 43.1 Å². The molecule has 0 fully saturated rings. The van der Waals surface area contributed by atoms with Crippen LogP contribution >= 0.6 is 0 Å². The summed E-state index contributed by atoms with van der Waals surface area (Å²) in [5.41, 5.74) is 1.71.